The molecule has 1 rings (SSSR count). The Labute approximate surface area is 153 Å². The molecule has 0 bridgehead atoms. The number of carbonyl (C=O) groups excluding carboxylic acids is 2. The molecule has 1 amide bonds. The second-order valence-corrected chi connectivity index (χ2v) is 5.81. The first-order chi connectivity index (χ1) is 12.5. The number of rotatable bonds is 8. The molecule has 150 valence electrons. The van der Waals surface area contributed by atoms with Gasteiger partial charge in [0.25, 0.3) is 5.91 Å². The van der Waals surface area contributed by atoms with Gasteiger partial charge < -0.3 is 20.3 Å². The summed E-state index contributed by atoms with van der Waals surface area (Å²) < 4.78 is 42.4. The number of aliphatic carboxylic acids is 1. The summed E-state index contributed by atoms with van der Waals surface area (Å²) in [5.74, 6) is -4.01. The lowest BCUT2D eigenvalue weighted by Crippen LogP contribution is -2.44. The molecule has 3 atom stereocenters. The van der Waals surface area contributed by atoms with E-state index >= 15 is 0 Å². The lowest BCUT2D eigenvalue weighted by Gasteiger charge is -2.20. The molecule has 27 heavy (non-hydrogen) atoms. The third kappa shape index (κ3) is 6.55. The number of carboxylic acids is 1. The van der Waals surface area contributed by atoms with Gasteiger partial charge in [-0.05, 0) is 31.0 Å². The highest BCUT2D eigenvalue weighted by atomic mass is 19.4. The van der Waals surface area contributed by atoms with Gasteiger partial charge in [0.2, 0.25) is 0 Å². The van der Waals surface area contributed by atoms with Crippen LogP contribution in [0.3, 0.4) is 0 Å². The van der Waals surface area contributed by atoms with Gasteiger partial charge in [0.05, 0.1) is 18.1 Å². The fraction of sp³-hybridized carbons (Fsp3) is 0.471. The van der Waals surface area contributed by atoms with E-state index in [4.69, 9.17) is 4.74 Å². The molecule has 0 aliphatic rings. The molecule has 10 heteroatoms. The van der Waals surface area contributed by atoms with Crippen LogP contribution in [0.1, 0.15) is 37.5 Å². The summed E-state index contributed by atoms with van der Waals surface area (Å²) in [4.78, 5) is 34.9. The van der Waals surface area contributed by atoms with E-state index in [2.05, 4.69) is 5.32 Å². The van der Waals surface area contributed by atoms with Crippen molar-refractivity contribution in [2.75, 3.05) is 6.61 Å². The number of alkyl halides is 3. The number of amides is 1. The Morgan fingerprint density at radius 1 is 1.19 bits per heavy atom. The van der Waals surface area contributed by atoms with Crippen LogP contribution in [0.4, 0.5) is 13.2 Å². The number of carbonyl (C=O) groups is 3. The SMILES string of the molecule is CCOC(=O)[C@@H](C)C[C@H](NC(=O)[C@@H](O)c1ccc(C(F)(F)F)cc1)C(=O)O. The molecule has 0 unspecified atom stereocenters. The van der Waals surface area contributed by atoms with E-state index in [0.717, 1.165) is 12.1 Å². The van der Waals surface area contributed by atoms with Crippen LogP contribution >= 0.6 is 0 Å². The van der Waals surface area contributed by atoms with Crippen LogP contribution in [0, 0.1) is 5.92 Å². The summed E-state index contributed by atoms with van der Waals surface area (Å²) in [6, 6.07) is 1.75. The second kappa shape index (κ2) is 9.36. The van der Waals surface area contributed by atoms with E-state index in [1.54, 1.807) is 6.92 Å². The predicted molar refractivity (Wildman–Crippen MR) is 86.4 cm³/mol. The van der Waals surface area contributed by atoms with Crippen LogP contribution in [0.5, 0.6) is 0 Å². The molecular formula is C17H20F3NO6. The molecule has 0 fully saturated rings. The van der Waals surface area contributed by atoms with E-state index in [1.807, 2.05) is 0 Å². The quantitative estimate of drug-likeness (QED) is 0.584. The van der Waals surface area contributed by atoms with Crippen molar-refractivity contribution in [3.05, 3.63) is 35.4 Å². The summed E-state index contributed by atoms with van der Waals surface area (Å²) in [7, 11) is 0. The van der Waals surface area contributed by atoms with Gasteiger partial charge >= 0.3 is 18.1 Å². The molecule has 0 radical (unpaired) electrons. The molecule has 0 saturated carbocycles. The van der Waals surface area contributed by atoms with Crippen molar-refractivity contribution in [2.24, 2.45) is 5.92 Å². The number of hydrogen-bond acceptors (Lipinski definition) is 5. The lowest BCUT2D eigenvalue weighted by molar-refractivity contribution is -0.150. The van der Waals surface area contributed by atoms with Crippen LogP contribution in [0.25, 0.3) is 0 Å². The summed E-state index contributed by atoms with van der Waals surface area (Å²) >= 11 is 0. The molecule has 0 spiro atoms. The van der Waals surface area contributed by atoms with Crippen LogP contribution in [0.15, 0.2) is 24.3 Å². The number of ether oxygens (including phenoxy) is 1. The summed E-state index contributed by atoms with van der Waals surface area (Å²) in [6.07, 6.45) is -6.71. The van der Waals surface area contributed by atoms with Gasteiger partial charge in [-0.25, -0.2) is 4.79 Å². The molecule has 1 aromatic carbocycles. The number of esters is 1. The lowest BCUT2D eigenvalue weighted by atomic mass is 10.0. The summed E-state index contributed by atoms with van der Waals surface area (Å²) in [5.41, 5.74) is -1.09. The molecule has 3 N–H and O–H groups in total. The molecule has 0 aromatic heterocycles. The maximum absolute atomic E-state index is 12.5. The summed E-state index contributed by atoms with van der Waals surface area (Å²) in [6.45, 7) is 3.12. The Morgan fingerprint density at radius 2 is 1.74 bits per heavy atom. The number of aliphatic hydroxyl groups excluding tert-OH is 1. The first-order valence-corrected chi connectivity index (χ1v) is 8.02. The molecule has 1 aromatic rings. The van der Waals surface area contributed by atoms with Crippen molar-refractivity contribution in [1.82, 2.24) is 5.32 Å². The molecule has 0 saturated heterocycles. The smallest absolute Gasteiger partial charge is 0.416 e. The third-order valence-electron chi connectivity index (χ3n) is 3.69. The zero-order valence-corrected chi connectivity index (χ0v) is 14.6. The zero-order valence-electron chi connectivity index (χ0n) is 14.6. The van der Waals surface area contributed by atoms with Gasteiger partial charge in [-0.2, -0.15) is 13.2 Å². The van der Waals surface area contributed by atoms with Gasteiger partial charge in [0.15, 0.2) is 6.10 Å². The Kier molecular flexibility index (Phi) is 7.77. The van der Waals surface area contributed by atoms with Crippen LogP contribution in [0.2, 0.25) is 0 Å². The monoisotopic (exact) mass is 391 g/mol. The Morgan fingerprint density at radius 3 is 2.19 bits per heavy atom. The first kappa shape index (κ1) is 22.4. The van der Waals surface area contributed by atoms with Crippen molar-refractivity contribution < 1.29 is 42.5 Å². The van der Waals surface area contributed by atoms with E-state index < -0.39 is 47.6 Å². The minimum atomic E-state index is -4.57. The predicted octanol–water partition coefficient (Wildman–Crippen LogP) is 1.90. The third-order valence-corrected chi connectivity index (χ3v) is 3.69. The maximum atomic E-state index is 12.5. The van der Waals surface area contributed by atoms with E-state index in [1.165, 1.54) is 6.92 Å². The maximum Gasteiger partial charge on any atom is 0.416 e. The van der Waals surface area contributed by atoms with Gasteiger partial charge in [-0.1, -0.05) is 19.1 Å². The van der Waals surface area contributed by atoms with E-state index in [9.17, 15) is 37.8 Å². The Bertz CT molecular complexity index is 674. The minimum Gasteiger partial charge on any atom is -0.480 e. The Hall–Kier alpha value is -2.62. The minimum absolute atomic E-state index is 0.111. The van der Waals surface area contributed by atoms with E-state index in [0.29, 0.717) is 12.1 Å². The highest BCUT2D eigenvalue weighted by Gasteiger charge is 2.32. The topological polar surface area (TPSA) is 113 Å². The number of benzene rings is 1. The van der Waals surface area contributed by atoms with Crippen LogP contribution in [-0.4, -0.2) is 40.7 Å². The van der Waals surface area contributed by atoms with Crippen LogP contribution < -0.4 is 5.32 Å². The average molecular weight is 391 g/mol. The number of carboxylic acid groups (broad SMARTS) is 1. The largest absolute Gasteiger partial charge is 0.480 e. The zero-order chi connectivity index (χ0) is 20.8. The highest BCUT2D eigenvalue weighted by molar-refractivity contribution is 5.87. The Balaban J connectivity index is 2.80. The molecular weight excluding hydrogens is 371 g/mol. The van der Waals surface area contributed by atoms with Gasteiger partial charge in [0, 0.05) is 0 Å². The number of aliphatic hydroxyl groups is 1. The van der Waals surface area contributed by atoms with Gasteiger partial charge in [0.1, 0.15) is 6.04 Å². The van der Waals surface area contributed by atoms with E-state index in [-0.39, 0.29) is 18.6 Å². The number of halogens is 3. The number of nitrogens with one attached hydrogen (secondary N) is 1. The molecule has 7 nitrogen and oxygen atoms in total. The standard InChI is InChI=1S/C17H20F3NO6/c1-3-27-16(26)9(2)8-12(15(24)25)21-14(23)13(22)10-4-6-11(7-5-10)17(18,19)20/h4-7,9,12-13,22H,3,8H2,1-2H3,(H,21,23)(H,24,25)/t9-,12-,13-/m0/s1. The molecule has 0 heterocycles. The second-order valence-electron chi connectivity index (χ2n) is 5.81. The fourth-order valence-corrected chi connectivity index (χ4v) is 2.21. The van der Waals surface area contributed by atoms with Crippen molar-refractivity contribution in [2.45, 2.75) is 38.6 Å². The van der Waals surface area contributed by atoms with Crippen molar-refractivity contribution in [3.8, 4) is 0 Å². The van der Waals surface area contributed by atoms with Crippen molar-refractivity contribution >= 4 is 17.8 Å². The molecule has 0 aliphatic heterocycles. The number of hydrogen-bond donors (Lipinski definition) is 3. The van der Waals surface area contributed by atoms with Gasteiger partial charge in [-0.3, -0.25) is 9.59 Å². The first-order valence-electron chi connectivity index (χ1n) is 8.02. The van der Waals surface area contributed by atoms with Crippen LogP contribution in [-0.2, 0) is 25.3 Å². The van der Waals surface area contributed by atoms with Crippen molar-refractivity contribution in [1.29, 1.82) is 0 Å². The summed E-state index contributed by atoms with van der Waals surface area (Å²) in [5, 5.41) is 21.2. The molecule has 0 aliphatic carbocycles. The average Bonchev–Trinajstić information content (AvgIpc) is 2.59. The van der Waals surface area contributed by atoms with Gasteiger partial charge in [-0.15, -0.1) is 0 Å². The fourth-order valence-electron chi connectivity index (χ4n) is 2.21. The van der Waals surface area contributed by atoms with Crippen molar-refractivity contribution in [3.63, 3.8) is 0 Å². The normalized spacial score (nSPS) is 14.7. The highest BCUT2D eigenvalue weighted by Crippen LogP contribution is 2.30.